The number of nitrogens with zero attached hydrogens (tertiary/aromatic N) is 5. The maximum Gasteiger partial charge on any atom is 0.353 e. The molecule has 0 spiro atoms. The number of anilines is 4. The maximum atomic E-state index is 13.2. The summed E-state index contributed by atoms with van der Waals surface area (Å²) < 4.78 is 18.5. The molecule has 31 heavy (non-hydrogen) atoms. The van der Waals surface area contributed by atoms with E-state index in [0.29, 0.717) is 37.6 Å². The molecule has 0 bridgehead atoms. The number of ether oxygens (including phenoxy) is 1. The van der Waals surface area contributed by atoms with Crippen LogP contribution >= 0.6 is 0 Å². The molecule has 1 fully saturated rings. The summed E-state index contributed by atoms with van der Waals surface area (Å²) in [6, 6.07) is 13.4. The van der Waals surface area contributed by atoms with E-state index in [2.05, 4.69) is 20.2 Å². The lowest BCUT2D eigenvalue weighted by Gasteiger charge is -2.36. The van der Waals surface area contributed by atoms with Crippen LogP contribution < -0.4 is 19.9 Å². The molecule has 1 N–H and O–H groups in total. The summed E-state index contributed by atoms with van der Waals surface area (Å²) in [5.74, 6) is 0.621. The standard InChI is InChI=1S/C21H21FN6O3/c1-31-18-5-3-2-4-17(18)25-20-19(28(29)30)21(24-14-23-20)27-12-10-26(11-13-27)16-8-6-15(22)7-9-16/h2-9,14H,10-13H2,1H3,(H,23,24,25). The summed E-state index contributed by atoms with van der Waals surface area (Å²) in [5.41, 5.74) is 1.29. The Morgan fingerprint density at radius 2 is 1.71 bits per heavy atom. The minimum Gasteiger partial charge on any atom is -0.495 e. The molecular weight excluding hydrogens is 403 g/mol. The van der Waals surface area contributed by atoms with E-state index in [4.69, 9.17) is 4.74 Å². The number of benzene rings is 2. The highest BCUT2D eigenvalue weighted by Crippen LogP contribution is 2.36. The van der Waals surface area contributed by atoms with Crippen molar-refractivity contribution in [3.63, 3.8) is 0 Å². The first-order chi connectivity index (χ1) is 15.1. The van der Waals surface area contributed by atoms with Gasteiger partial charge in [-0.15, -0.1) is 0 Å². The van der Waals surface area contributed by atoms with Gasteiger partial charge < -0.3 is 19.9 Å². The van der Waals surface area contributed by atoms with Crippen LogP contribution in [0.15, 0.2) is 54.9 Å². The number of nitro groups is 1. The first kappa shape index (κ1) is 20.3. The summed E-state index contributed by atoms with van der Waals surface area (Å²) in [7, 11) is 1.53. The van der Waals surface area contributed by atoms with E-state index in [0.717, 1.165) is 5.69 Å². The molecule has 2 heterocycles. The second kappa shape index (κ2) is 8.82. The van der Waals surface area contributed by atoms with Gasteiger partial charge in [0.1, 0.15) is 17.9 Å². The van der Waals surface area contributed by atoms with E-state index in [1.807, 2.05) is 11.0 Å². The quantitative estimate of drug-likeness (QED) is 0.474. The van der Waals surface area contributed by atoms with Gasteiger partial charge in [0, 0.05) is 31.9 Å². The van der Waals surface area contributed by atoms with Crippen LogP contribution in [0.25, 0.3) is 0 Å². The fraction of sp³-hybridized carbons (Fsp3) is 0.238. The first-order valence-corrected chi connectivity index (χ1v) is 9.71. The zero-order valence-corrected chi connectivity index (χ0v) is 16.9. The second-order valence-corrected chi connectivity index (χ2v) is 6.93. The summed E-state index contributed by atoms with van der Waals surface area (Å²) in [4.78, 5) is 23.7. The number of para-hydroxylation sites is 2. The van der Waals surface area contributed by atoms with Crippen molar-refractivity contribution in [2.45, 2.75) is 0 Å². The van der Waals surface area contributed by atoms with Crippen molar-refractivity contribution >= 4 is 28.7 Å². The predicted octanol–water partition coefficient (Wildman–Crippen LogP) is 3.60. The molecule has 160 valence electrons. The minimum atomic E-state index is -0.473. The molecule has 0 atom stereocenters. The number of piperazine rings is 1. The fourth-order valence-electron chi connectivity index (χ4n) is 3.56. The normalized spacial score (nSPS) is 13.7. The third-order valence-electron chi connectivity index (χ3n) is 5.12. The van der Waals surface area contributed by atoms with Gasteiger partial charge >= 0.3 is 5.69 Å². The number of aromatic nitrogens is 2. The Hall–Kier alpha value is -3.95. The van der Waals surface area contributed by atoms with Gasteiger partial charge in [0.2, 0.25) is 11.6 Å². The van der Waals surface area contributed by atoms with Gasteiger partial charge in [-0.25, -0.2) is 14.4 Å². The lowest BCUT2D eigenvalue weighted by Crippen LogP contribution is -2.47. The van der Waals surface area contributed by atoms with Crippen LogP contribution in [-0.2, 0) is 0 Å². The maximum absolute atomic E-state index is 13.2. The number of hydrogen-bond donors (Lipinski definition) is 1. The monoisotopic (exact) mass is 424 g/mol. The molecule has 1 saturated heterocycles. The van der Waals surface area contributed by atoms with Gasteiger partial charge in [0.25, 0.3) is 0 Å². The molecule has 0 radical (unpaired) electrons. The van der Waals surface area contributed by atoms with Crippen molar-refractivity contribution in [1.82, 2.24) is 9.97 Å². The predicted molar refractivity (Wildman–Crippen MR) is 116 cm³/mol. The third kappa shape index (κ3) is 4.32. The number of rotatable bonds is 6. The van der Waals surface area contributed by atoms with E-state index >= 15 is 0 Å². The molecule has 3 aromatic rings. The number of methoxy groups -OCH3 is 1. The molecule has 10 heteroatoms. The van der Waals surface area contributed by atoms with Crippen molar-refractivity contribution in [2.75, 3.05) is 48.4 Å². The highest BCUT2D eigenvalue weighted by molar-refractivity contribution is 5.76. The second-order valence-electron chi connectivity index (χ2n) is 6.93. The Bertz CT molecular complexity index is 1070. The average Bonchev–Trinajstić information content (AvgIpc) is 2.80. The SMILES string of the molecule is COc1ccccc1Nc1ncnc(N2CCN(c3ccc(F)cc3)CC2)c1[N+](=O)[O-]. The molecule has 1 aliphatic rings. The van der Waals surface area contributed by atoms with Crippen molar-refractivity contribution in [3.8, 4) is 5.75 Å². The molecule has 0 unspecified atom stereocenters. The summed E-state index contributed by atoms with van der Waals surface area (Å²) in [6.07, 6.45) is 1.31. The molecule has 1 aliphatic heterocycles. The van der Waals surface area contributed by atoms with Crippen LogP contribution in [0.3, 0.4) is 0 Å². The van der Waals surface area contributed by atoms with Crippen molar-refractivity contribution in [1.29, 1.82) is 0 Å². The van der Waals surface area contributed by atoms with Crippen LogP contribution in [0, 0.1) is 15.9 Å². The smallest absolute Gasteiger partial charge is 0.353 e. The Morgan fingerprint density at radius 1 is 1.03 bits per heavy atom. The van der Waals surface area contributed by atoms with Crippen LogP contribution in [0.1, 0.15) is 0 Å². The molecule has 2 aromatic carbocycles. The number of nitrogens with one attached hydrogen (secondary N) is 1. The van der Waals surface area contributed by atoms with Gasteiger partial charge in [-0.05, 0) is 36.4 Å². The Balaban J connectivity index is 1.57. The third-order valence-corrected chi connectivity index (χ3v) is 5.12. The Morgan fingerprint density at radius 3 is 2.39 bits per heavy atom. The van der Waals surface area contributed by atoms with E-state index in [1.54, 1.807) is 30.3 Å². The zero-order valence-electron chi connectivity index (χ0n) is 16.9. The Kier molecular flexibility index (Phi) is 5.78. The van der Waals surface area contributed by atoms with E-state index < -0.39 is 4.92 Å². The van der Waals surface area contributed by atoms with Crippen molar-refractivity contribution in [2.24, 2.45) is 0 Å². The van der Waals surface area contributed by atoms with Crippen molar-refractivity contribution in [3.05, 3.63) is 70.8 Å². The molecule has 0 amide bonds. The molecule has 0 saturated carbocycles. The molecular formula is C21H21FN6O3. The van der Waals surface area contributed by atoms with Gasteiger partial charge in [-0.2, -0.15) is 0 Å². The lowest BCUT2D eigenvalue weighted by atomic mass is 10.2. The summed E-state index contributed by atoms with van der Waals surface area (Å²) in [5, 5.41) is 14.9. The molecule has 1 aromatic heterocycles. The Labute approximate surface area is 178 Å². The summed E-state index contributed by atoms with van der Waals surface area (Å²) in [6.45, 7) is 2.32. The highest BCUT2D eigenvalue weighted by Gasteiger charge is 2.29. The van der Waals surface area contributed by atoms with Gasteiger partial charge in [0.15, 0.2) is 0 Å². The van der Waals surface area contributed by atoms with Crippen molar-refractivity contribution < 1.29 is 14.1 Å². The van der Waals surface area contributed by atoms with E-state index in [-0.39, 0.29) is 23.1 Å². The van der Waals surface area contributed by atoms with Crippen LogP contribution in [0.4, 0.5) is 33.1 Å². The number of halogens is 1. The van der Waals surface area contributed by atoms with Crippen LogP contribution in [0.2, 0.25) is 0 Å². The summed E-state index contributed by atoms with van der Waals surface area (Å²) >= 11 is 0. The van der Waals surface area contributed by atoms with Gasteiger partial charge in [-0.1, -0.05) is 12.1 Å². The van der Waals surface area contributed by atoms with E-state index in [1.165, 1.54) is 25.6 Å². The van der Waals surface area contributed by atoms with Gasteiger partial charge in [-0.3, -0.25) is 10.1 Å². The van der Waals surface area contributed by atoms with Gasteiger partial charge in [0.05, 0.1) is 17.7 Å². The fourth-order valence-corrected chi connectivity index (χ4v) is 3.56. The highest BCUT2D eigenvalue weighted by atomic mass is 19.1. The molecule has 0 aliphatic carbocycles. The first-order valence-electron chi connectivity index (χ1n) is 9.71. The molecule has 4 rings (SSSR count). The lowest BCUT2D eigenvalue weighted by molar-refractivity contribution is -0.383. The number of hydrogen-bond acceptors (Lipinski definition) is 8. The van der Waals surface area contributed by atoms with E-state index in [9.17, 15) is 14.5 Å². The topological polar surface area (TPSA) is 96.7 Å². The van der Waals surface area contributed by atoms with Crippen LogP contribution in [-0.4, -0.2) is 48.2 Å². The molecule has 9 nitrogen and oxygen atoms in total. The zero-order chi connectivity index (χ0) is 21.8. The average molecular weight is 424 g/mol. The minimum absolute atomic E-state index is 0.0977. The largest absolute Gasteiger partial charge is 0.495 e. The van der Waals surface area contributed by atoms with Crippen LogP contribution in [0.5, 0.6) is 5.75 Å².